The molecule has 1 aliphatic rings. The summed E-state index contributed by atoms with van der Waals surface area (Å²) in [5, 5.41) is 5.39. The summed E-state index contributed by atoms with van der Waals surface area (Å²) < 4.78 is 0. The van der Waals surface area contributed by atoms with Gasteiger partial charge in [0.15, 0.2) is 0 Å². The zero-order chi connectivity index (χ0) is 10.7. The molecule has 0 saturated carbocycles. The molecule has 1 aromatic heterocycles. The van der Waals surface area contributed by atoms with E-state index in [9.17, 15) is 0 Å². The third kappa shape index (κ3) is 2.28. The van der Waals surface area contributed by atoms with E-state index in [1.54, 1.807) is 11.3 Å². The van der Waals surface area contributed by atoms with Gasteiger partial charge in [0, 0.05) is 4.88 Å². The van der Waals surface area contributed by atoms with Crippen molar-refractivity contribution in [2.45, 2.75) is 12.5 Å². The van der Waals surface area contributed by atoms with Crippen LogP contribution < -0.4 is 5.32 Å². The molecule has 2 heteroatoms. The van der Waals surface area contributed by atoms with Gasteiger partial charge >= 0.3 is 0 Å². The van der Waals surface area contributed by atoms with Gasteiger partial charge in [-0.25, -0.2) is 0 Å². The van der Waals surface area contributed by atoms with Gasteiger partial charge in [0.1, 0.15) is 0 Å². The molecule has 1 heterocycles. The van der Waals surface area contributed by atoms with Crippen LogP contribution in [0.1, 0.15) is 11.8 Å². The number of hydrogen-bond acceptors (Lipinski definition) is 2. The first-order chi connectivity index (χ1) is 7.23. The fourth-order valence-electron chi connectivity index (χ4n) is 1.50. The van der Waals surface area contributed by atoms with Crippen molar-refractivity contribution in [3.8, 4) is 0 Å². The molecule has 0 saturated heterocycles. The van der Waals surface area contributed by atoms with Gasteiger partial charge < -0.3 is 5.32 Å². The Morgan fingerprint density at radius 1 is 1.33 bits per heavy atom. The minimum absolute atomic E-state index is 0.0322. The normalized spacial score (nSPS) is 25.1. The van der Waals surface area contributed by atoms with Gasteiger partial charge in [-0.2, -0.15) is 0 Å². The van der Waals surface area contributed by atoms with Crippen LogP contribution in [0.15, 0.2) is 47.9 Å². The highest BCUT2D eigenvalue weighted by Gasteiger charge is 2.15. The second kappa shape index (κ2) is 4.17. The molecule has 0 aliphatic heterocycles. The summed E-state index contributed by atoms with van der Waals surface area (Å²) in [4.78, 5) is 1.32. The second-order valence-electron chi connectivity index (χ2n) is 3.82. The molecular weight excluding hydrogens is 202 g/mol. The third-order valence-electron chi connectivity index (χ3n) is 2.67. The van der Waals surface area contributed by atoms with E-state index in [2.05, 4.69) is 60.1 Å². The van der Waals surface area contributed by atoms with Crippen molar-refractivity contribution in [1.29, 1.82) is 0 Å². The number of thiophene rings is 1. The number of likely N-dealkylation sites (N-methyl/N-ethyl adjacent to an activating group) is 1. The van der Waals surface area contributed by atoms with Gasteiger partial charge in [0.05, 0.1) is 5.54 Å². The number of nitrogens with one attached hydrogen (secondary N) is 1. The van der Waals surface area contributed by atoms with E-state index in [0.29, 0.717) is 0 Å². The fourth-order valence-corrected chi connectivity index (χ4v) is 2.23. The standard InChI is InChI=1S/C13H15NS/c1-13(14-2)8-3-5-11(7-9-13)12-6-4-10-15-12/h3-10,14H,1-2H3. The van der Waals surface area contributed by atoms with E-state index < -0.39 is 0 Å². The van der Waals surface area contributed by atoms with E-state index in [-0.39, 0.29) is 5.54 Å². The maximum atomic E-state index is 3.28. The van der Waals surface area contributed by atoms with E-state index in [0.717, 1.165) is 0 Å². The molecule has 1 atom stereocenters. The number of rotatable bonds is 2. The third-order valence-corrected chi connectivity index (χ3v) is 3.59. The Balaban J connectivity index is 2.29. The maximum absolute atomic E-state index is 3.28. The monoisotopic (exact) mass is 217 g/mol. The molecule has 1 unspecified atom stereocenters. The molecule has 15 heavy (non-hydrogen) atoms. The summed E-state index contributed by atoms with van der Waals surface area (Å²) in [6, 6.07) is 4.23. The summed E-state index contributed by atoms with van der Waals surface area (Å²) in [5.74, 6) is 0. The van der Waals surface area contributed by atoms with Crippen molar-refractivity contribution in [3.63, 3.8) is 0 Å². The van der Waals surface area contributed by atoms with Crippen molar-refractivity contribution in [1.82, 2.24) is 5.32 Å². The van der Waals surface area contributed by atoms with Crippen LogP contribution in [-0.4, -0.2) is 12.6 Å². The Morgan fingerprint density at radius 3 is 2.87 bits per heavy atom. The molecule has 0 aromatic carbocycles. The predicted molar refractivity (Wildman–Crippen MR) is 68.0 cm³/mol. The molecular formula is C13H15NS. The first-order valence-electron chi connectivity index (χ1n) is 5.05. The largest absolute Gasteiger partial charge is 0.308 e. The fraction of sp³-hybridized carbons (Fsp3) is 0.231. The molecule has 1 aromatic rings. The summed E-state index contributed by atoms with van der Waals surface area (Å²) in [6.07, 6.45) is 10.8. The molecule has 0 spiro atoms. The van der Waals surface area contributed by atoms with Gasteiger partial charge in [-0.05, 0) is 31.0 Å². The lowest BCUT2D eigenvalue weighted by Crippen LogP contribution is -2.34. The molecule has 2 rings (SSSR count). The van der Waals surface area contributed by atoms with Crippen LogP contribution >= 0.6 is 11.3 Å². The van der Waals surface area contributed by atoms with Crippen LogP contribution in [0.25, 0.3) is 5.57 Å². The van der Waals surface area contributed by atoms with Crippen LogP contribution in [0, 0.1) is 0 Å². The lowest BCUT2D eigenvalue weighted by Gasteiger charge is -2.19. The highest BCUT2D eigenvalue weighted by molar-refractivity contribution is 7.11. The Kier molecular flexibility index (Phi) is 2.89. The predicted octanol–water partition coefficient (Wildman–Crippen LogP) is 3.24. The summed E-state index contributed by atoms with van der Waals surface area (Å²) in [5.41, 5.74) is 1.25. The van der Waals surface area contributed by atoms with Crippen LogP contribution in [-0.2, 0) is 0 Å². The van der Waals surface area contributed by atoms with Gasteiger partial charge in [-0.15, -0.1) is 11.3 Å². The van der Waals surface area contributed by atoms with Gasteiger partial charge in [0.25, 0.3) is 0 Å². The minimum Gasteiger partial charge on any atom is -0.308 e. The maximum Gasteiger partial charge on any atom is 0.0525 e. The Bertz CT molecular complexity index is 412. The zero-order valence-corrected chi connectivity index (χ0v) is 9.84. The van der Waals surface area contributed by atoms with Crippen LogP contribution in [0.4, 0.5) is 0 Å². The molecule has 1 N–H and O–H groups in total. The number of allylic oxidation sites excluding steroid dienone is 4. The number of hydrogen-bond donors (Lipinski definition) is 1. The molecule has 0 bridgehead atoms. The highest BCUT2D eigenvalue weighted by Crippen LogP contribution is 2.24. The van der Waals surface area contributed by atoms with Crippen molar-refractivity contribution < 1.29 is 0 Å². The topological polar surface area (TPSA) is 12.0 Å². The average Bonchev–Trinajstić information content (AvgIpc) is 2.70. The lowest BCUT2D eigenvalue weighted by atomic mass is 10.0. The highest BCUT2D eigenvalue weighted by atomic mass is 32.1. The minimum atomic E-state index is -0.0322. The molecule has 1 nitrogen and oxygen atoms in total. The quantitative estimate of drug-likeness (QED) is 0.802. The molecule has 0 fully saturated rings. The van der Waals surface area contributed by atoms with Gasteiger partial charge in [-0.1, -0.05) is 36.4 Å². The summed E-state index contributed by atoms with van der Waals surface area (Å²) in [6.45, 7) is 2.16. The van der Waals surface area contributed by atoms with E-state index >= 15 is 0 Å². The average molecular weight is 217 g/mol. The van der Waals surface area contributed by atoms with Gasteiger partial charge in [0.2, 0.25) is 0 Å². The zero-order valence-electron chi connectivity index (χ0n) is 9.03. The van der Waals surface area contributed by atoms with Crippen LogP contribution in [0.5, 0.6) is 0 Å². The van der Waals surface area contributed by atoms with Crippen molar-refractivity contribution in [3.05, 3.63) is 52.8 Å². The van der Waals surface area contributed by atoms with Crippen LogP contribution in [0.3, 0.4) is 0 Å². The Labute approximate surface area is 94.8 Å². The molecule has 78 valence electrons. The summed E-state index contributed by atoms with van der Waals surface area (Å²) >= 11 is 1.77. The molecule has 0 amide bonds. The van der Waals surface area contributed by atoms with Crippen LogP contribution in [0.2, 0.25) is 0 Å². The Morgan fingerprint density at radius 2 is 2.20 bits per heavy atom. The Hall–Kier alpha value is -1.12. The van der Waals surface area contributed by atoms with Crippen molar-refractivity contribution in [2.75, 3.05) is 7.05 Å². The lowest BCUT2D eigenvalue weighted by molar-refractivity contribution is 0.589. The van der Waals surface area contributed by atoms with Crippen molar-refractivity contribution >= 4 is 16.9 Å². The second-order valence-corrected chi connectivity index (χ2v) is 4.77. The first-order valence-corrected chi connectivity index (χ1v) is 5.93. The first kappa shape index (κ1) is 10.4. The van der Waals surface area contributed by atoms with Crippen molar-refractivity contribution in [2.24, 2.45) is 0 Å². The van der Waals surface area contributed by atoms with E-state index in [1.807, 2.05) is 7.05 Å². The van der Waals surface area contributed by atoms with E-state index in [4.69, 9.17) is 0 Å². The van der Waals surface area contributed by atoms with E-state index in [1.165, 1.54) is 10.5 Å². The summed E-state index contributed by atoms with van der Waals surface area (Å²) in [7, 11) is 1.98. The smallest absolute Gasteiger partial charge is 0.0525 e. The SMILES string of the molecule is CNC1(C)C=CC=C(c2cccs2)C=C1. The molecule has 0 radical (unpaired) electrons. The van der Waals surface area contributed by atoms with Gasteiger partial charge in [-0.3, -0.25) is 0 Å². The molecule has 1 aliphatic carbocycles.